The topological polar surface area (TPSA) is 172 Å². The first-order valence-corrected chi connectivity index (χ1v) is 15.5. The van der Waals surface area contributed by atoms with E-state index in [9.17, 15) is 14.4 Å². The molecule has 1 aromatic carbocycles. The van der Waals surface area contributed by atoms with Crippen molar-refractivity contribution in [2.75, 3.05) is 51.3 Å². The number of piperidine rings is 1. The Bertz CT molecular complexity index is 1160. The van der Waals surface area contributed by atoms with Crippen LogP contribution in [0.5, 0.6) is 5.75 Å². The maximum Gasteiger partial charge on any atom is 0.291 e. The molecule has 2 aromatic rings. The second kappa shape index (κ2) is 18.9. The number of aromatic amines is 1. The third kappa shape index (κ3) is 12.7. The van der Waals surface area contributed by atoms with E-state index in [4.69, 9.17) is 10.5 Å². The number of amides is 2. The summed E-state index contributed by atoms with van der Waals surface area (Å²) in [5.41, 5.74) is 10.7. The fourth-order valence-corrected chi connectivity index (χ4v) is 4.75. The predicted molar refractivity (Wildman–Crippen MR) is 171 cm³/mol. The number of H-pyrrole nitrogens is 1. The first kappa shape index (κ1) is 35.7. The van der Waals surface area contributed by atoms with Crippen molar-refractivity contribution in [2.24, 2.45) is 17.4 Å². The van der Waals surface area contributed by atoms with Crippen LogP contribution in [0.4, 0.5) is 5.82 Å². The van der Waals surface area contributed by atoms with Gasteiger partial charge < -0.3 is 36.7 Å². The normalized spacial score (nSPS) is 15.0. The largest absolute Gasteiger partial charge is 0.484 e. The SMILES string of the molecule is CC.CC(C)CN(CCNC1CCN(Cc2ccc(OCC(N)=O)cc2)CC1)c1ncc(C(=O)NC2CC2)[nH]c1=O.CN. The van der Waals surface area contributed by atoms with Crippen LogP contribution in [0.2, 0.25) is 0 Å². The lowest BCUT2D eigenvalue weighted by atomic mass is 10.0. The predicted octanol–water partition coefficient (Wildman–Crippen LogP) is 1.84. The van der Waals surface area contributed by atoms with Crippen molar-refractivity contribution in [3.05, 3.63) is 52.1 Å². The number of nitrogens with two attached hydrogens (primary N) is 2. The average Bonchev–Trinajstić information content (AvgIpc) is 3.83. The van der Waals surface area contributed by atoms with E-state index < -0.39 is 5.91 Å². The van der Waals surface area contributed by atoms with Gasteiger partial charge in [0.1, 0.15) is 11.4 Å². The minimum Gasteiger partial charge on any atom is -0.484 e. The molecule has 7 N–H and O–H groups in total. The number of aromatic nitrogens is 2. The Balaban J connectivity index is 0.00000155. The number of nitrogens with one attached hydrogen (secondary N) is 3. The molecule has 4 rings (SSSR count). The lowest BCUT2D eigenvalue weighted by molar-refractivity contribution is -0.119. The maximum absolute atomic E-state index is 12.8. The van der Waals surface area contributed by atoms with E-state index in [2.05, 4.69) is 45.1 Å². The summed E-state index contributed by atoms with van der Waals surface area (Å²) >= 11 is 0. The summed E-state index contributed by atoms with van der Waals surface area (Å²) in [5, 5.41) is 6.54. The van der Waals surface area contributed by atoms with Gasteiger partial charge >= 0.3 is 0 Å². The summed E-state index contributed by atoms with van der Waals surface area (Å²) in [6, 6.07) is 8.42. The van der Waals surface area contributed by atoms with Crippen LogP contribution in [0.1, 0.15) is 69.4 Å². The van der Waals surface area contributed by atoms with Gasteiger partial charge in [-0.2, -0.15) is 0 Å². The number of anilines is 1. The molecule has 0 spiro atoms. The number of hydrogen-bond donors (Lipinski definition) is 5. The second-order valence-electron chi connectivity index (χ2n) is 10.9. The van der Waals surface area contributed by atoms with Crippen LogP contribution in [0.3, 0.4) is 0 Å². The standard InChI is InChI=1S/C28H41N7O4.C2H6.CH5N/c1-19(2)16-35(26-28(38)33-24(15-31-26)27(37)32-22-5-6-22)14-11-30-21-9-12-34(13-10-21)17-20-3-7-23(8-4-20)39-18-25(29)36;2*1-2/h3-4,7-8,15,19,21-22,30H,5-6,9-14,16-18H2,1-2H3,(H2,29,36)(H,32,37)(H,33,38);1-2H3;2H2,1H3. The molecule has 1 saturated heterocycles. The molecule has 1 aromatic heterocycles. The van der Waals surface area contributed by atoms with Gasteiger partial charge in [0.05, 0.1) is 6.20 Å². The minimum atomic E-state index is -0.489. The molecule has 2 heterocycles. The number of benzene rings is 1. The third-order valence-corrected chi connectivity index (χ3v) is 6.92. The van der Waals surface area contributed by atoms with Gasteiger partial charge in [-0.15, -0.1) is 0 Å². The van der Waals surface area contributed by atoms with Gasteiger partial charge in [-0.25, -0.2) is 4.98 Å². The van der Waals surface area contributed by atoms with Gasteiger partial charge in [-0.1, -0.05) is 39.8 Å². The lowest BCUT2D eigenvalue weighted by Gasteiger charge is -2.33. The molecular formula is C31H52N8O4. The van der Waals surface area contributed by atoms with Gasteiger partial charge in [0, 0.05) is 38.3 Å². The second-order valence-corrected chi connectivity index (χ2v) is 10.9. The quantitative estimate of drug-likeness (QED) is 0.217. The van der Waals surface area contributed by atoms with Gasteiger partial charge in [-0.3, -0.25) is 19.3 Å². The van der Waals surface area contributed by atoms with Gasteiger partial charge in [0.15, 0.2) is 12.4 Å². The molecular weight excluding hydrogens is 548 g/mol. The number of primary amides is 1. The Morgan fingerprint density at radius 1 is 1.09 bits per heavy atom. The molecule has 0 unspecified atom stereocenters. The monoisotopic (exact) mass is 600 g/mol. The molecule has 1 saturated carbocycles. The number of hydrogen-bond acceptors (Lipinski definition) is 9. The van der Waals surface area contributed by atoms with Crippen molar-refractivity contribution in [1.82, 2.24) is 25.5 Å². The zero-order chi connectivity index (χ0) is 31.8. The van der Waals surface area contributed by atoms with Crippen LogP contribution in [0, 0.1) is 5.92 Å². The molecule has 0 radical (unpaired) electrons. The summed E-state index contributed by atoms with van der Waals surface area (Å²) < 4.78 is 5.33. The van der Waals surface area contributed by atoms with Crippen molar-refractivity contribution >= 4 is 17.6 Å². The fraction of sp³-hybridized carbons (Fsp3) is 0.613. The molecule has 12 nitrogen and oxygen atoms in total. The summed E-state index contributed by atoms with van der Waals surface area (Å²) in [5.74, 6) is 0.588. The highest BCUT2D eigenvalue weighted by Crippen LogP contribution is 2.19. The third-order valence-electron chi connectivity index (χ3n) is 6.92. The molecule has 12 heteroatoms. The number of rotatable bonds is 14. The zero-order valence-corrected chi connectivity index (χ0v) is 26.5. The Hall–Kier alpha value is -3.48. The Labute approximate surface area is 255 Å². The lowest BCUT2D eigenvalue weighted by Crippen LogP contribution is -2.45. The van der Waals surface area contributed by atoms with E-state index in [-0.39, 0.29) is 29.8 Å². The molecule has 0 atom stereocenters. The molecule has 2 aliphatic rings. The van der Waals surface area contributed by atoms with Crippen LogP contribution >= 0.6 is 0 Å². The Morgan fingerprint density at radius 2 is 1.74 bits per heavy atom. The van der Waals surface area contributed by atoms with Crippen molar-refractivity contribution in [3.8, 4) is 5.75 Å². The zero-order valence-electron chi connectivity index (χ0n) is 26.5. The average molecular weight is 601 g/mol. The van der Waals surface area contributed by atoms with E-state index >= 15 is 0 Å². The number of carbonyl (C=O) groups excluding carboxylic acids is 2. The molecule has 1 aliphatic carbocycles. The minimum absolute atomic E-state index is 0.118. The van der Waals surface area contributed by atoms with E-state index in [1.807, 2.05) is 43.0 Å². The van der Waals surface area contributed by atoms with Gasteiger partial charge in [-0.05, 0) is 69.4 Å². The molecule has 0 bridgehead atoms. The summed E-state index contributed by atoms with van der Waals surface area (Å²) in [7, 11) is 1.50. The van der Waals surface area contributed by atoms with Crippen molar-refractivity contribution in [1.29, 1.82) is 0 Å². The first-order valence-electron chi connectivity index (χ1n) is 15.5. The van der Waals surface area contributed by atoms with E-state index in [1.54, 1.807) is 0 Å². The summed E-state index contributed by atoms with van der Waals surface area (Å²) in [6.45, 7) is 13.1. The van der Waals surface area contributed by atoms with Gasteiger partial charge in [0.25, 0.3) is 17.4 Å². The van der Waals surface area contributed by atoms with Crippen molar-refractivity contribution in [2.45, 2.75) is 72.0 Å². The van der Waals surface area contributed by atoms with Gasteiger partial charge in [0.2, 0.25) is 0 Å². The molecule has 43 heavy (non-hydrogen) atoms. The van der Waals surface area contributed by atoms with Crippen LogP contribution in [0.15, 0.2) is 35.3 Å². The summed E-state index contributed by atoms with van der Waals surface area (Å²) in [6.07, 6.45) is 5.54. The van der Waals surface area contributed by atoms with Crippen molar-refractivity contribution in [3.63, 3.8) is 0 Å². The van der Waals surface area contributed by atoms with Crippen LogP contribution < -0.4 is 37.3 Å². The highest BCUT2D eigenvalue weighted by molar-refractivity contribution is 5.92. The number of ether oxygens (including phenoxy) is 1. The summed E-state index contributed by atoms with van der Waals surface area (Å²) in [4.78, 5) is 47.5. The van der Waals surface area contributed by atoms with Crippen LogP contribution in [-0.2, 0) is 11.3 Å². The molecule has 240 valence electrons. The van der Waals surface area contributed by atoms with E-state index in [0.717, 1.165) is 51.9 Å². The van der Waals surface area contributed by atoms with Crippen LogP contribution in [0.25, 0.3) is 0 Å². The van der Waals surface area contributed by atoms with E-state index in [0.29, 0.717) is 36.6 Å². The number of likely N-dealkylation sites (tertiary alicyclic amines) is 1. The number of nitrogens with zero attached hydrogens (tertiary/aromatic N) is 3. The van der Waals surface area contributed by atoms with Crippen LogP contribution in [-0.4, -0.2) is 85.1 Å². The Morgan fingerprint density at radius 3 is 2.30 bits per heavy atom. The van der Waals surface area contributed by atoms with Crippen molar-refractivity contribution < 1.29 is 14.3 Å². The Kier molecular flexibility index (Phi) is 15.7. The fourth-order valence-electron chi connectivity index (χ4n) is 4.75. The molecule has 2 amide bonds. The first-order chi connectivity index (χ1) is 20.8. The molecule has 2 fully saturated rings. The smallest absolute Gasteiger partial charge is 0.291 e. The maximum atomic E-state index is 12.8. The number of carbonyl (C=O) groups is 2. The highest BCUT2D eigenvalue weighted by atomic mass is 16.5. The highest BCUT2D eigenvalue weighted by Gasteiger charge is 2.25. The molecule has 1 aliphatic heterocycles. The van der Waals surface area contributed by atoms with E-state index in [1.165, 1.54) is 18.8 Å².